The van der Waals surface area contributed by atoms with Gasteiger partial charge in [-0.2, -0.15) is 0 Å². The lowest BCUT2D eigenvalue weighted by molar-refractivity contribution is 0.199. The molecule has 0 radical (unpaired) electrons. The molecule has 0 fully saturated rings. The fraction of sp³-hybridized carbons (Fsp3) is 0.353. The maximum absolute atomic E-state index is 6.39. The van der Waals surface area contributed by atoms with Crippen LogP contribution >= 0.6 is 15.9 Å². The third-order valence-electron chi connectivity index (χ3n) is 3.71. The number of pyridine rings is 1. The highest BCUT2D eigenvalue weighted by molar-refractivity contribution is 9.10. The Balaban J connectivity index is 2.26. The minimum atomic E-state index is 0.0809. The number of halogens is 1. The third kappa shape index (κ3) is 4.13. The predicted molar refractivity (Wildman–Crippen MR) is 90.9 cm³/mol. The van der Waals surface area contributed by atoms with E-state index in [0.717, 1.165) is 23.1 Å². The largest absolute Gasteiger partial charge is 0.326 e. The zero-order valence-electron chi connectivity index (χ0n) is 12.5. The number of hydrogen-bond acceptors (Lipinski definition) is 3. The molecule has 0 saturated heterocycles. The van der Waals surface area contributed by atoms with Crippen LogP contribution in [0.15, 0.2) is 53.1 Å². The van der Waals surface area contributed by atoms with Gasteiger partial charge < -0.3 is 5.73 Å². The summed E-state index contributed by atoms with van der Waals surface area (Å²) >= 11 is 3.65. The normalized spacial score (nSPS) is 14.1. The third-order valence-corrected chi connectivity index (χ3v) is 4.44. The average molecular weight is 348 g/mol. The van der Waals surface area contributed by atoms with E-state index in [0.29, 0.717) is 0 Å². The highest BCUT2D eigenvalue weighted by Crippen LogP contribution is 2.30. The Labute approximate surface area is 135 Å². The number of aromatic nitrogens is 1. The fourth-order valence-corrected chi connectivity index (χ4v) is 3.10. The summed E-state index contributed by atoms with van der Waals surface area (Å²) in [6.45, 7) is 2.91. The van der Waals surface area contributed by atoms with Gasteiger partial charge in [-0.3, -0.25) is 9.88 Å². The second-order valence-electron chi connectivity index (χ2n) is 5.27. The first-order valence-electron chi connectivity index (χ1n) is 7.23. The maximum atomic E-state index is 6.39. The van der Waals surface area contributed by atoms with Gasteiger partial charge in [-0.25, -0.2) is 0 Å². The summed E-state index contributed by atoms with van der Waals surface area (Å²) in [5.74, 6) is 0. The van der Waals surface area contributed by atoms with Crippen molar-refractivity contribution in [2.24, 2.45) is 5.73 Å². The first-order valence-corrected chi connectivity index (χ1v) is 8.03. The van der Waals surface area contributed by atoms with E-state index in [4.69, 9.17) is 5.73 Å². The Bertz CT molecular complexity index is 559. The van der Waals surface area contributed by atoms with E-state index in [2.05, 4.69) is 58.0 Å². The summed E-state index contributed by atoms with van der Waals surface area (Å²) in [6.07, 6.45) is 2.76. The van der Waals surface area contributed by atoms with E-state index >= 15 is 0 Å². The SMILES string of the molecule is CCC(N)C(c1ccccc1Br)N(C)Cc1ccccn1. The number of benzene rings is 1. The van der Waals surface area contributed by atoms with Crippen LogP contribution < -0.4 is 5.73 Å². The molecule has 4 heteroatoms. The van der Waals surface area contributed by atoms with Crippen LogP contribution in [0.3, 0.4) is 0 Å². The van der Waals surface area contributed by atoms with Crippen LogP contribution in [-0.2, 0) is 6.54 Å². The lowest BCUT2D eigenvalue weighted by atomic mass is 9.96. The zero-order chi connectivity index (χ0) is 15.2. The maximum Gasteiger partial charge on any atom is 0.0544 e. The van der Waals surface area contributed by atoms with Crippen LogP contribution in [-0.4, -0.2) is 23.0 Å². The van der Waals surface area contributed by atoms with Gasteiger partial charge in [0, 0.05) is 23.3 Å². The van der Waals surface area contributed by atoms with Gasteiger partial charge in [-0.1, -0.05) is 47.1 Å². The number of hydrogen-bond donors (Lipinski definition) is 1. The van der Waals surface area contributed by atoms with Crippen molar-refractivity contribution in [2.75, 3.05) is 7.05 Å². The second kappa shape index (κ2) is 7.69. The Morgan fingerprint density at radius 3 is 2.52 bits per heavy atom. The lowest BCUT2D eigenvalue weighted by Gasteiger charge is -2.33. The quantitative estimate of drug-likeness (QED) is 0.864. The molecule has 1 aromatic heterocycles. The van der Waals surface area contributed by atoms with Crippen LogP contribution in [0.5, 0.6) is 0 Å². The van der Waals surface area contributed by atoms with Gasteiger partial charge in [-0.05, 0) is 37.2 Å². The molecule has 0 aliphatic rings. The van der Waals surface area contributed by atoms with E-state index in [-0.39, 0.29) is 12.1 Å². The molecule has 1 aromatic carbocycles. The molecule has 0 aliphatic heterocycles. The van der Waals surface area contributed by atoms with Gasteiger partial charge >= 0.3 is 0 Å². The summed E-state index contributed by atoms with van der Waals surface area (Å²) < 4.78 is 1.10. The van der Waals surface area contributed by atoms with Crippen molar-refractivity contribution in [3.8, 4) is 0 Å². The molecule has 2 rings (SSSR count). The van der Waals surface area contributed by atoms with Crippen molar-refractivity contribution >= 4 is 15.9 Å². The summed E-state index contributed by atoms with van der Waals surface area (Å²) in [4.78, 5) is 6.68. The molecule has 2 unspecified atom stereocenters. The van der Waals surface area contributed by atoms with Gasteiger partial charge in [-0.15, -0.1) is 0 Å². The Morgan fingerprint density at radius 2 is 1.90 bits per heavy atom. The van der Waals surface area contributed by atoms with E-state index in [1.54, 1.807) is 0 Å². The summed E-state index contributed by atoms with van der Waals surface area (Å²) in [5, 5.41) is 0. The van der Waals surface area contributed by atoms with E-state index in [1.807, 2.05) is 30.5 Å². The molecule has 0 saturated carbocycles. The number of nitrogens with zero attached hydrogens (tertiary/aromatic N) is 2. The Morgan fingerprint density at radius 1 is 1.19 bits per heavy atom. The van der Waals surface area contributed by atoms with Crippen molar-refractivity contribution in [2.45, 2.75) is 32.0 Å². The number of nitrogens with two attached hydrogens (primary N) is 1. The van der Waals surface area contributed by atoms with Crippen molar-refractivity contribution in [3.05, 3.63) is 64.4 Å². The Hall–Kier alpha value is -1.23. The second-order valence-corrected chi connectivity index (χ2v) is 6.13. The van der Waals surface area contributed by atoms with Gasteiger partial charge in [0.2, 0.25) is 0 Å². The molecule has 0 bridgehead atoms. The monoisotopic (exact) mass is 347 g/mol. The van der Waals surface area contributed by atoms with Crippen molar-refractivity contribution < 1.29 is 0 Å². The molecule has 2 aromatic rings. The van der Waals surface area contributed by atoms with Crippen LogP contribution in [0.25, 0.3) is 0 Å². The summed E-state index contributed by atoms with van der Waals surface area (Å²) in [6, 6.07) is 14.5. The van der Waals surface area contributed by atoms with Crippen molar-refractivity contribution in [1.29, 1.82) is 0 Å². The van der Waals surface area contributed by atoms with Gasteiger partial charge in [0.25, 0.3) is 0 Å². The summed E-state index contributed by atoms with van der Waals surface area (Å²) in [7, 11) is 2.11. The van der Waals surface area contributed by atoms with Crippen molar-refractivity contribution in [1.82, 2.24) is 9.88 Å². The highest BCUT2D eigenvalue weighted by Gasteiger charge is 2.25. The topological polar surface area (TPSA) is 42.1 Å². The first kappa shape index (κ1) is 16.1. The lowest BCUT2D eigenvalue weighted by Crippen LogP contribution is -2.38. The minimum absolute atomic E-state index is 0.0809. The average Bonchev–Trinajstić information content (AvgIpc) is 2.50. The minimum Gasteiger partial charge on any atom is -0.326 e. The number of rotatable bonds is 6. The van der Waals surface area contributed by atoms with E-state index in [1.165, 1.54) is 5.56 Å². The molecule has 0 aliphatic carbocycles. The zero-order valence-corrected chi connectivity index (χ0v) is 14.1. The molecule has 0 spiro atoms. The van der Waals surface area contributed by atoms with Gasteiger partial charge in [0.1, 0.15) is 0 Å². The molecular weight excluding hydrogens is 326 g/mol. The highest BCUT2D eigenvalue weighted by atomic mass is 79.9. The van der Waals surface area contributed by atoms with Crippen LogP contribution in [0, 0.1) is 0 Å². The molecule has 1 heterocycles. The molecular formula is C17H22BrN3. The molecule has 2 atom stereocenters. The van der Waals surface area contributed by atoms with Crippen molar-refractivity contribution in [3.63, 3.8) is 0 Å². The standard InChI is InChI=1S/C17H22BrN3/c1-3-16(19)17(14-9-4-5-10-15(14)18)21(2)12-13-8-6-7-11-20-13/h4-11,16-17H,3,12,19H2,1-2H3. The summed E-state index contributed by atoms with van der Waals surface area (Å²) in [5.41, 5.74) is 8.67. The van der Waals surface area contributed by atoms with Crippen LogP contribution in [0.2, 0.25) is 0 Å². The smallest absolute Gasteiger partial charge is 0.0544 e. The first-order chi connectivity index (χ1) is 10.1. The fourth-order valence-electron chi connectivity index (χ4n) is 2.58. The Kier molecular flexibility index (Phi) is 5.91. The molecule has 21 heavy (non-hydrogen) atoms. The van der Waals surface area contributed by atoms with E-state index in [9.17, 15) is 0 Å². The molecule has 3 nitrogen and oxygen atoms in total. The van der Waals surface area contributed by atoms with Crippen LogP contribution in [0.4, 0.5) is 0 Å². The molecule has 112 valence electrons. The predicted octanol–water partition coefficient (Wildman–Crippen LogP) is 3.75. The number of likely N-dealkylation sites (N-methyl/N-ethyl adjacent to an activating group) is 1. The van der Waals surface area contributed by atoms with E-state index < -0.39 is 0 Å². The van der Waals surface area contributed by atoms with Gasteiger partial charge in [0.05, 0.1) is 11.7 Å². The van der Waals surface area contributed by atoms with Gasteiger partial charge in [0.15, 0.2) is 0 Å². The van der Waals surface area contributed by atoms with Crippen LogP contribution in [0.1, 0.15) is 30.6 Å². The molecule has 2 N–H and O–H groups in total. The molecule has 0 amide bonds.